The van der Waals surface area contributed by atoms with Crippen LogP contribution in [0, 0.1) is 0 Å². The fourth-order valence-corrected chi connectivity index (χ4v) is 1.84. The van der Waals surface area contributed by atoms with Gasteiger partial charge in [-0.1, -0.05) is 6.07 Å². The van der Waals surface area contributed by atoms with Crippen molar-refractivity contribution in [2.45, 2.75) is 44.7 Å². The standard InChI is InChI=1S/C14H21N3O/c1-11(12-4-2-8-15-10-12)16-9-3-5-14(18)17-13-6-7-13/h2,4,8,10-11,13,16H,3,5-7,9H2,1H3,(H,17,18). The van der Waals surface area contributed by atoms with E-state index in [4.69, 9.17) is 0 Å². The summed E-state index contributed by atoms with van der Waals surface area (Å²) < 4.78 is 0. The summed E-state index contributed by atoms with van der Waals surface area (Å²) in [7, 11) is 0. The van der Waals surface area contributed by atoms with Crippen LogP contribution in [-0.4, -0.2) is 23.5 Å². The minimum atomic E-state index is 0.188. The van der Waals surface area contributed by atoms with Crippen molar-refractivity contribution >= 4 is 5.91 Å². The molecule has 0 spiro atoms. The average Bonchev–Trinajstić information content (AvgIpc) is 3.19. The van der Waals surface area contributed by atoms with Gasteiger partial charge in [-0.05, 0) is 44.4 Å². The molecule has 1 aliphatic rings. The molecule has 0 saturated heterocycles. The van der Waals surface area contributed by atoms with Crippen LogP contribution in [0.3, 0.4) is 0 Å². The van der Waals surface area contributed by atoms with E-state index in [0.717, 1.165) is 25.8 Å². The summed E-state index contributed by atoms with van der Waals surface area (Å²) in [6.07, 6.45) is 7.45. The van der Waals surface area contributed by atoms with E-state index in [1.807, 2.05) is 12.3 Å². The molecule has 2 N–H and O–H groups in total. The van der Waals surface area contributed by atoms with Crippen LogP contribution in [0.1, 0.15) is 44.2 Å². The molecule has 1 heterocycles. The molecule has 18 heavy (non-hydrogen) atoms. The minimum absolute atomic E-state index is 0.188. The summed E-state index contributed by atoms with van der Waals surface area (Å²) in [5.74, 6) is 0.188. The molecule has 0 aliphatic heterocycles. The second-order valence-electron chi connectivity index (χ2n) is 4.91. The summed E-state index contributed by atoms with van der Waals surface area (Å²) in [5.41, 5.74) is 1.18. The van der Waals surface area contributed by atoms with E-state index < -0.39 is 0 Å². The number of rotatable bonds is 7. The molecular formula is C14H21N3O. The largest absolute Gasteiger partial charge is 0.353 e. The smallest absolute Gasteiger partial charge is 0.220 e. The number of pyridine rings is 1. The molecule has 4 heteroatoms. The van der Waals surface area contributed by atoms with Crippen LogP contribution in [0.5, 0.6) is 0 Å². The average molecular weight is 247 g/mol. The van der Waals surface area contributed by atoms with Gasteiger partial charge in [0, 0.05) is 30.9 Å². The van der Waals surface area contributed by atoms with Crippen molar-refractivity contribution in [1.29, 1.82) is 0 Å². The van der Waals surface area contributed by atoms with Gasteiger partial charge in [-0.2, -0.15) is 0 Å². The molecule has 1 amide bonds. The van der Waals surface area contributed by atoms with Crippen LogP contribution >= 0.6 is 0 Å². The number of carbonyl (C=O) groups excluding carboxylic acids is 1. The Hall–Kier alpha value is -1.42. The van der Waals surface area contributed by atoms with Gasteiger partial charge in [-0.25, -0.2) is 0 Å². The van der Waals surface area contributed by atoms with Crippen LogP contribution in [-0.2, 0) is 4.79 Å². The van der Waals surface area contributed by atoms with E-state index in [2.05, 4.69) is 28.6 Å². The first-order chi connectivity index (χ1) is 8.75. The van der Waals surface area contributed by atoms with Crippen LogP contribution < -0.4 is 10.6 Å². The molecule has 2 rings (SSSR count). The molecule has 1 aromatic heterocycles. The summed E-state index contributed by atoms with van der Waals surface area (Å²) in [5, 5.41) is 6.40. The topological polar surface area (TPSA) is 54.0 Å². The zero-order valence-corrected chi connectivity index (χ0v) is 10.9. The fraction of sp³-hybridized carbons (Fsp3) is 0.571. The molecule has 1 atom stereocenters. The molecule has 0 aromatic carbocycles. The Bertz CT molecular complexity index is 376. The summed E-state index contributed by atoms with van der Waals surface area (Å²) in [4.78, 5) is 15.6. The lowest BCUT2D eigenvalue weighted by molar-refractivity contribution is -0.121. The van der Waals surface area contributed by atoms with Gasteiger partial charge in [0.25, 0.3) is 0 Å². The fourth-order valence-electron chi connectivity index (χ4n) is 1.84. The zero-order valence-electron chi connectivity index (χ0n) is 10.9. The Kier molecular flexibility index (Phi) is 4.70. The van der Waals surface area contributed by atoms with Crippen LogP contribution in [0.15, 0.2) is 24.5 Å². The maximum atomic E-state index is 11.5. The van der Waals surface area contributed by atoms with E-state index in [-0.39, 0.29) is 11.9 Å². The number of amides is 1. The quantitative estimate of drug-likeness (QED) is 0.722. The molecule has 1 unspecified atom stereocenters. The van der Waals surface area contributed by atoms with Gasteiger partial charge in [-0.15, -0.1) is 0 Å². The molecule has 0 bridgehead atoms. The molecule has 1 aromatic rings. The maximum absolute atomic E-state index is 11.5. The predicted molar refractivity (Wildman–Crippen MR) is 71.1 cm³/mol. The maximum Gasteiger partial charge on any atom is 0.220 e. The molecule has 1 aliphatic carbocycles. The van der Waals surface area contributed by atoms with Crippen molar-refractivity contribution in [3.8, 4) is 0 Å². The Morgan fingerprint density at radius 2 is 2.39 bits per heavy atom. The van der Waals surface area contributed by atoms with E-state index in [1.165, 1.54) is 5.56 Å². The Morgan fingerprint density at radius 1 is 1.56 bits per heavy atom. The second kappa shape index (κ2) is 6.50. The number of nitrogens with zero attached hydrogens (tertiary/aromatic N) is 1. The van der Waals surface area contributed by atoms with Crippen molar-refractivity contribution in [3.05, 3.63) is 30.1 Å². The van der Waals surface area contributed by atoms with E-state index in [9.17, 15) is 4.79 Å². The predicted octanol–water partition coefficient (Wildman–Crippen LogP) is 1.79. The third kappa shape index (κ3) is 4.45. The van der Waals surface area contributed by atoms with Crippen LogP contribution in [0.4, 0.5) is 0 Å². The first kappa shape index (κ1) is 13.0. The lowest BCUT2D eigenvalue weighted by Crippen LogP contribution is -2.27. The lowest BCUT2D eigenvalue weighted by Gasteiger charge is -2.13. The van der Waals surface area contributed by atoms with Crippen molar-refractivity contribution in [2.75, 3.05) is 6.54 Å². The third-order valence-corrected chi connectivity index (χ3v) is 3.16. The number of hydrogen-bond acceptors (Lipinski definition) is 3. The van der Waals surface area contributed by atoms with E-state index in [1.54, 1.807) is 6.20 Å². The highest BCUT2D eigenvalue weighted by Gasteiger charge is 2.22. The highest BCUT2D eigenvalue weighted by Crippen LogP contribution is 2.18. The molecule has 98 valence electrons. The lowest BCUT2D eigenvalue weighted by atomic mass is 10.1. The monoisotopic (exact) mass is 247 g/mol. The SMILES string of the molecule is CC(NCCCC(=O)NC1CC1)c1cccnc1. The summed E-state index contributed by atoms with van der Waals surface area (Å²) >= 11 is 0. The van der Waals surface area contributed by atoms with Gasteiger partial charge in [0.2, 0.25) is 5.91 Å². The first-order valence-electron chi connectivity index (χ1n) is 6.68. The van der Waals surface area contributed by atoms with Gasteiger partial charge >= 0.3 is 0 Å². The van der Waals surface area contributed by atoms with E-state index in [0.29, 0.717) is 12.5 Å². The molecule has 4 nitrogen and oxygen atoms in total. The van der Waals surface area contributed by atoms with Crippen LogP contribution in [0.25, 0.3) is 0 Å². The number of carbonyl (C=O) groups is 1. The Labute approximate surface area is 108 Å². The molecule has 1 saturated carbocycles. The Balaban J connectivity index is 1.58. The molecule has 0 radical (unpaired) electrons. The van der Waals surface area contributed by atoms with Gasteiger partial charge in [0.05, 0.1) is 0 Å². The summed E-state index contributed by atoms with van der Waals surface area (Å²) in [6.45, 7) is 2.97. The van der Waals surface area contributed by atoms with Crippen molar-refractivity contribution in [2.24, 2.45) is 0 Å². The van der Waals surface area contributed by atoms with Gasteiger partial charge in [-0.3, -0.25) is 9.78 Å². The van der Waals surface area contributed by atoms with Crippen molar-refractivity contribution in [3.63, 3.8) is 0 Å². The third-order valence-electron chi connectivity index (χ3n) is 3.16. The van der Waals surface area contributed by atoms with Crippen LogP contribution in [0.2, 0.25) is 0 Å². The number of hydrogen-bond donors (Lipinski definition) is 2. The second-order valence-corrected chi connectivity index (χ2v) is 4.91. The highest BCUT2D eigenvalue weighted by atomic mass is 16.1. The molecule has 1 fully saturated rings. The molecular weight excluding hydrogens is 226 g/mol. The van der Waals surface area contributed by atoms with Gasteiger partial charge < -0.3 is 10.6 Å². The highest BCUT2D eigenvalue weighted by molar-refractivity contribution is 5.76. The van der Waals surface area contributed by atoms with Crippen molar-refractivity contribution < 1.29 is 4.79 Å². The first-order valence-corrected chi connectivity index (χ1v) is 6.68. The zero-order chi connectivity index (χ0) is 12.8. The van der Waals surface area contributed by atoms with Crippen molar-refractivity contribution in [1.82, 2.24) is 15.6 Å². The van der Waals surface area contributed by atoms with E-state index >= 15 is 0 Å². The Morgan fingerprint density at radius 3 is 3.06 bits per heavy atom. The normalized spacial score (nSPS) is 16.3. The number of nitrogens with one attached hydrogen (secondary N) is 2. The van der Waals surface area contributed by atoms with Gasteiger partial charge in [0.15, 0.2) is 0 Å². The van der Waals surface area contributed by atoms with Gasteiger partial charge in [0.1, 0.15) is 0 Å². The number of aromatic nitrogens is 1. The summed E-state index contributed by atoms with van der Waals surface area (Å²) in [6, 6.07) is 4.76. The minimum Gasteiger partial charge on any atom is -0.353 e.